The van der Waals surface area contributed by atoms with Gasteiger partial charge in [-0.15, -0.1) is 0 Å². The molecule has 4 nitrogen and oxygen atoms in total. The number of amides is 1. The van der Waals surface area contributed by atoms with Gasteiger partial charge in [0.05, 0.1) is 23.2 Å². The lowest BCUT2D eigenvalue weighted by atomic mass is 9.85. The molecule has 1 aromatic rings. The Labute approximate surface area is 122 Å². The number of rotatable bonds is 3. The van der Waals surface area contributed by atoms with Gasteiger partial charge in [0.15, 0.2) is 0 Å². The van der Waals surface area contributed by atoms with Gasteiger partial charge in [-0.25, -0.2) is 0 Å². The molecular weight excluding hydrogens is 287 g/mol. The van der Waals surface area contributed by atoms with Gasteiger partial charge in [0, 0.05) is 6.07 Å². The topological polar surface area (TPSA) is 64.3 Å². The Morgan fingerprint density at radius 1 is 1.42 bits per heavy atom. The fourth-order valence-electron chi connectivity index (χ4n) is 2.46. The smallest absolute Gasteiger partial charge is 0.234 e. The second kappa shape index (κ2) is 5.99. The maximum absolute atomic E-state index is 11.3. The average molecular weight is 303 g/mol. The molecule has 19 heavy (non-hydrogen) atoms. The predicted molar refractivity (Wildman–Crippen MR) is 76.0 cm³/mol. The molecule has 1 amide bonds. The number of hydrogen-bond donors (Lipinski definition) is 2. The summed E-state index contributed by atoms with van der Waals surface area (Å²) in [7, 11) is 1.59. The Hall–Kier alpha value is -0.970. The van der Waals surface area contributed by atoms with Crippen LogP contribution in [0.5, 0.6) is 5.75 Å². The zero-order valence-electron chi connectivity index (χ0n) is 10.6. The molecule has 0 aliphatic carbocycles. The van der Waals surface area contributed by atoms with E-state index in [0.29, 0.717) is 22.2 Å². The summed E-state index contributed by atoms with van der Waals surface area (Å²) in [6.07, 6.45) is 1.54. The second-order valence-electron chi connectivity index (χ2n) is 4.64. The zero-order valence-corrected chi connectivity index (χ0v) is 12.1. The van der Waals surface area contributed by atoms with Crippen molar-refractivity contribution in [2.24, 2.45) is 5.73 Å². The first kappa shape index (κ1) is 14.4. The molecule has 2 rings (SSSR count). The fraction of sp³-hybridized carbons (Fsp3) is 0.462. The molecule has 1 fully saturated rings. The Bertz CT molecular complexity index is 494. The molecule has 0 spiro atoms. The molecule has 3 N–H and O–H groups in total. The number of benzene rings is 1. The van der Waals surface area contributed by atoms with E-state index in [2.05, 4.69) is 5.32 Å². The van der Waals surface area contributed by atoms with Crippen LogP contribution in [0.25, 0.3) is 0 Å². The van der Waals surface area contributed by atoms with E-state index in [-0.39, 0.29) is 17.9 Å². The van der Waals surface area contributed by atoms with Crippen molar-refractivity contribution in [3.05, 3.63) is 27.7 Å². The van der Waals surface area contributed by atoms with E-state index < -0.39 is 0 Å². The van der Waals surface area contributed by atoms with Gasteiger partial charge in [-0.05, 0) is 36.9 Å². The molecule has 6 heteroatoms. The lowest BCUT2D eigenvalue weighted by molar-refractivity contribution is -0.120. The third-order valence-corrected chi connectivity index (χ3v) is 4.18. The van der Waals surface area contributed by atoms with Gasteiger partial charge in [-0.3, -0.25) is 4.79 Å². The first-order chi connectivity index (χ1) is 9.02. The fourth-order valence-corrected chi connectivity index (χ4v) is 2.78. The van der Waals surface area contributed by atoms with Crippen molar-refractivity contribution in [3.63, 3.8) is 0 Å². The molecule has 0 saturated carbocycles. The Morgan fingerprint density at radius 2 is 2.11 bits per heavy atom. The highest BCUT2D eigenvalue weighted by molar-refractivity contribution is 6.42. The third-order valence-electron chi connectivity index (χ3n) is 3.46. The largest absolute Gasteiger partial charge is 0.496 e. The SMILES string of the molecule is COc1cc(Cl)c(Cl)cc1[C@H]1CCN[C@@H](C(N)=O)C1. The zero-order chi connectivity index (χ0) is 14.0. The van der Waals surface area contributed by atoms with Gasteiger partial charge >= 0.3 is 0 Å². The third kappa shape index (κ3) is 3.14. The number of piperidine rings is 1. The summed E-state index contributed by atoms with van der Waals surface area (Å²) < 4.78 is 5.35. The van der Waals surface area contributed by atoms with Crippen molar-refractivity contribution >= 4 is 29.1 Å². The molecule has 0 aromatic heterocycles. The van der Waals surface area contributed by atoms with E-state index in [9.17, 15) is 4.79 Å². The predicted octanol–water partition coefficient (Wildman–Crippen LogP) is 2.32. The van der Waals surface area contributed by atoms with E-state index in [1.807, 2.05) is 6.07 Å². The molecule has 1 heterocycles. The second-order valence-corrected chi connectivity index (χ2v) is 5.45. The number of nitrogens with one attached hydrogen (secondary N) is 1. The molecule has 104 valence electrons. The number of halogens is 2. The summed E-state index contributed by atoms with van der Waals surface area (Å²) in [5.74, 6) is 0.553. The van der Waals surface area contributed by atoms with Gasteiger partial charge < -0.3 is 15.8 Å². The van der Waals surface area contributed by atoms with Crippen molar-refractivity contribution < 1.29 is 9.53 Å². The van der Waals surface area contributed by atoms with Crippen LogP contribution < -0.4 is 15.8 Å². The summed E-state index contributed by atoms with van der Waals surface area (Å²) in [4.78, 5) is 11.3. The summed E-state index contributed by atoms with van der Waals surface area (Å²) >= 11 is 12.1. The average Bonchev–Trinajstić information content (AvgIpc) is 2.41. The van der Waals surface area contributed by atoms with Crippen LogP contribution in [-0.4, -0.2) is 25.6 Å². The summed E-state index contributed by atoms with van der Waals surface area (Å²) in [6.45, 7) is 0.738. The first-order valence-corrected chi connectivity index (χ1v) is 6.84. The highest BCUT2D eigenvalue weighted by atomic mass is 35.5. The molecule has 0 radical (unpaired) electrons. The molecule has 2 atom stereocenters. The van der Waals surface area contributed by atoms with Crippen LogP contribution in [0, 0.1) is 0 Å². The highest BCUT2D eigenvalue weighted by Gasteiger charge is 2.28. The van der Waals surface area contributed by atoms with Crippen LogP contribution in [0.3, 0.4) is 0 Å². The number of carbonyl (C=O) groups is 1. The minimum Gasteiger partial charge on any atom is -0.496 e. The normalized spacial score (nSPS) is 23.1. The highest BCUT2D eigenvalue weighted by Crippen LogP contribution is 2.38. The number of ether oxygens (including phenoxy) is 1. The number of primary amides is 1. The lowest BCUT2D eigenvalue weighted by Gasteiger charge is -2.29. The van der Waals surface area contributed by atoms with Crippen molar-refractivity contribution in [1.82, 2.24) is 5.32 Å². The van der Waals surface area contributed by atoms with E-state index in [0.717, 1.165) is 18.5 Å². The van der Waals surface area contributed by atoms with Gasteiger partial charge in [0.1, 0.15) is 5.75 Å². The van der Waals surface area contributed by atoms with E-state index in [1.165, 1.54) is 0 Å². The lowest BCUT2D eigenvalue weighted by Crippen LogP contribution is -2.46. The number of nitrogens with two attached hydrogens (primary N) is 1. The molecule has 1 aliphatic rings. The van der Waals surface area contributed by atoms with E-state index in [4.69, 9.17) is 33.7 Å². The first-order valence-electron chi connectivity index (χ1n) is 6.08. The standard InChI is InChI=1S/C13H16Cl2N2O2/c1-19-12-6-10(15)9(14)5-8(12)7-2-3-17-11(4-7)13(16)18/h5-7,11,17H,2-4H2,1H3,(H2,16,18)/t7-,11+/m0/s1. The molecule has 0 bridgehead atoms. The van der Waals surface area contributed by atoms with Crippen LogP contribution in [0.4, 0.5) is 0 Å². The molecule has 1 aromatic carbocycles. The van der Waals surface area contributed by atoms with Gasteiger partial charge in [-0.1, -0.05) is 23.2 Å². The van der Waals surface area contributed by atoms with Gasteiger partial charge in [0.25, 0.3) is 0 Å². The number of methoxy groups -OCH3 is 1. The Kier molecular flexibility index (Phi) is 4.55. The van der Waals surface area contributed by atoms with E-state index >= 15 is 0 Å². The quantitative estimate of drug-likeness (QED) is 0.900. The van der Waals surface area contributed by atoms with E-state index in [1.54, 1.807) is 13.2 Å². The summed E-state index contributed by atoms with van der Waals surface area (Å²) in [5.41, 5.74) is 6.33. The van der Waals surface area contributed by atoms with Crippen LogP contribution in [0.2, 0.25) is 10.0 Å². The van der Waals surface area contributed by atoms with Crippen molar-refractivity contribution in [2.75, 3.05) is 13.7 Å². The molecule has 1 aliphatic heterocycles. The van der Waals surface area contributed by atoms with Crippen LogP contribution in [-0.2, 0) is 4.79 Å². The van der Waals surface area contributed by atoms with Crippen molar-refractivity contribution in [2.45, 2.75) is 24.8 Å². The number of carbonyl (C=O) groups excluding carboxylic acids is 1. The van der Waals surface area contributed by atoms with Crippen molar-refractivity contribution in [3.8, 4) is 5.75 Å². The molecule has 1 saturated heterocycles. The Morgan fingerprint density at radius 3 is 2.74 bits per heavy atom. The van der Waals surface area contributed by atoms with Crippen LogP contribution >= 0.6 is 23.2 Å². The maximum atomic E-state index is 11.3. The Balaban J connectivity index is 2.30. The van der Waals surface area contributed by atoms with Crippen LogP contribution in [0.15, 0.2) is 12.1 Å². The van der Waals surface area contributed by atoms with Crippen molar-refractivity contribution in [1.29, 1.82) is 0 Å². The minimum atomic E-state index is -0.330. The summed E-state index contributed by atoms with van der Waals surface area (Å²) in [5, 5.41) is 4.06. The van der Waals surface area contributed by atoms with Gasteiger partial charge in [0.2, 0.25) is 5.91 Å². The van der Waals surface area contributed by atoms with Crippen LogP contribution in [0.1, 0.15) is 24.3 Å². The monoisotopic (exact) mass is 302 g/mol. The molecule has 0 unspecified atom stereocenters. The summed E-state index contributed by atoms with van der Waals surface area (Å²) in [6, 6.07) is 3.22. The minimum absolute atomic E-state index is 0.184. The van der Waals surface area contributed by atoms with Gasteiger partial charge in [-0.2, -0.15) is 0 Å². The molecular formula is C13H16Cl2N2O2. The number of hydrogen-bond acceptors (Lipinski definition) is 3. The maximum Gasteiger partial charge on any atom is 0.234 e.